The number of amides is 1. The van der Waals surface area contributed by atoms with Gasteiger partial charge in [-0.1, -0.05) is 12.2 Å². The molecule has 3 atom stereocenters. The number of carbonyl (C=O) groups is 1. The minimum atomic E-state index is -0.404. The first-order valence-electron chi connectivity index (χ1n) is 10.4. The molecule has 0 saturated heterocycles. The van der Waals surface area contributed by atoms with Gasteiger partial charge >= 0.3 is 0 Å². The second-order valence-electron chi connectivity index (χ2n) is 8.54. The van der Waals surface area contributed by atoms with Gasteiger partial charge < -0.3 is 10.2 Å². The molecule has 1 N–H and O–H groups in total. The van der Waals surface area contributed by atoms with Gasteiger partial charge in [0.15, 0.2) is 0 Å². The Morgan fingerprint density at radius 2 is 2.00 bits per heavy atom. The molecule has 0 bridgehead atoms. The number of hydrogen-bond donors (Lipinski definition) is 1. The van der Waals surface area contributed by atoms with Crippen molar-refractivity contribution in [3.8, 4) is 0 Å². The zero-order chi connectivity index (χ0) is 22.2. The van der Waals surface area contributed by atoms with E-state index in [9.17, 15) is 13.6 Å². The number of nitrogens with zero attached hydrogens (tertiary/aromatic N) is 3. The van der Waals surface area contributed by atoms with Crippen molar-refractivity contribution in [3.05, 3.63) is 71.9 Å². The fourth-order valence-electron chi connectivity index (χ4n) is 4.65. The normalized spacial score (nSPS) is 24.5. The Labute approximate surface area is 180 Å². The molecule has 0 aliphatic heterocycles. The minimum absolute atomic E-state index is 0.0874. The SMILES string of the molecule is Cc1ncc(N(C)C[C@@]2(C3C=CC=C(F)C3)C[C@H]2C(=O)Nc2ccc(F)cc2)c(C)n1. The van der Waals surface area contributed by atoms with Crippen molar-refractivity contribution in [2.75, 3.05) is 23.8 Å². The number of aryl methyl sites for hydroxylation is 2. The number of rotatable bonds is 6. The third-order valence-corrected chi connectivity index (χ3v) is 6.34. The molecule has 0 spiro atoms. The van der Waals surface area contributed by atoms with E-state index in [2.05, 4.69) is 20.2 Å². The molecule has 1 saturated carbocycles. The van der Waals surface area contributed by atoms with Crippen molar-refractivity contribution < 1.29 is 13.6 Å². The van der Waals surface area contributed by atoms with Crippen LogP contribution >= 0.6 is 0 Å². The summed E-state index contributed by atoms with van der Waals surface area (Å²) in [5.41, 5.74) is 1.90. The van der Waals surface area contributed by atoms with Crippen molar-refractivity contribution in [1.29, 1.82) is 0 Å². The third-order valence-electron chi connectivity index (χ3n) is 6.34. The lowest BCUT2D eigenvalue weighted by Crippen LogP contribution is -2.35. The number of hydrogen-bond acceptors (Lipinski definition) is 4. The van der Waals surface area contributed by atoms with Gasteiger partial charge in [0.2, 0.25) is 5.91 Å². The van der Waals surface area contributed by atoms with Crippen LogP contribution in [0.4, 0.5) is 20.2 Å². The average Bonchev–Trinajstić information content (AvgIpc) is 3.45. The quantitative estimate of drug-likeness (QED) is 0.728. The maximum atomic E-state index is 14.1. The zero-order valence-electron chi connectivity index (χ0n) is 17.9. The Hall–Kier alpha value is -3.09. The lowest BCUT2D eigenvalue weighted by atomic mass is 9.81. The maximum absolute atomic E-state index is 14.1. The lowest BCUT2D eigenvalue weighted by Gasteiger charge is -2.32. The monoisotopic (exact) mass is 424 g/mol. The molecule has 7 heteroatoms. The number of halogens is 2. The standard InChI is InChI=1S/C24H26F2N4O/c1-15-22(13-27-16(2)28-15)30(3)14-24(17-5-4-6-19(26)11-17)12-21(24)23(31)29-20-9-7-18(25)8-10-20/h4-10,13,17,21H,11-12,14H2,1-3H3,(H,29,31)/t17?,21-,24+/m0/s1. The van der Waals surface area contributed by atoms with E-state index in [0.717, 1.165) is 11.4 Å². The molecular formula is C24H26F2N4O. The summed E-state index contributed by atoms with van der Waals surface area (Å²) < 4.78 is 27.3. The molecule has 1 unspecified atom stereocenters. The third kappa shape index (κ3) is 4.36. The van der Waals surface area contributed by atoms with Crippen LogP contribution in [0, 0.1) is 36.9 Å². The predicted octanol–water partition coefficient (Wildman–Crippen LogP) is 4.74. The topological polar surface area (TPSA) is 58.1 Å². The Bertz CT molecular complexity index is 1050. The van der Waals surface area contributed by atoms with Crippen LogP contribution in [0.3, 0.4) is 0 Å². The molecule has 162 valence electrons. The summed E-state index contributed by atoms with van der Waals surface area (Å²) in [6, 6.07) is 5.71. The van der Waals surface area contributed by atoms with Gasteiger partial charge in [-0.3, -0.25) is 4.79 Å². The summed E-state index contributed by atoms with van der Waals surface area (Å²) in [5.74, 6) is -0.308. The summed E-state index contributed by atoms with van der Waals surface area (Å²) in [4.78, 5) is 23.9. The van der Waals surface area contributed by atoms with Crippen molar-refractivity contribution in [2.24, 2.45) is 17.3 Å². The van der Waals surface area contributed by atoms with Gasteiger partial charge in [0, 0.05) is 37.0 Å². The molecule has 1 aromatic carbocycles. The number of anilines is 2. The van der Waals surface area contributed by atoms with E-state index in [1.807, 2.05) is 27.0 Å². The first-order chi connectivity index (χ1) is 14.8. The molecule has 1 amide bonds. The van der Waals surface area contributed by atoms with E-state index >= 15 is 0 Å². The van der Waals surface area contributed by atoms with Crippen molar-refractivity contribution >= 4 is 17.3 Å². The van der Waals surface area contributed by atoms with Crippen LogP contribution in [-0.4, -0.2) is 29.5 Å². The van der Waals surface area contributed by atoms with E-state index in [1.165, 1.54) is 18.2 Å². The van der Waals surface area contributed by atoms with Crippen LogP contribution in [0.5, 0.6) is 0 Å². The zero-order valence-corrected chi connectivity index (χ0v) is 17.9. The van der Waals surface area contributed by atoms with Gasteiger partial charge in [0.25, 0.3) is 0 Å². The number of nitrogens with one attached hydrogen (secondary N) is 1. The molecule has 5 nitrogen and oxygen atoms in total. The molecular weight excluding hydrogens is 398 g/mol. The van der Waals surface area contributed by atoms with Crippen LogP contribution in [0.15, 0.2) is 54.5 Å². The Balaban J connectivity index is 1.56. The van der Waals surface area contributed by atoms with Gasteiger partial charge in [-0.05, 0) is 56.5 Å². The molecule has 1 fully saturated rings. The number of carbonyl (C=O) groups excluding carboxylic acids is 1. The van der Waals surface area contributed by atoms with E-state index in [-0.39, 0.29) is 35.8 Å². The van der Waals surface area contributed by atoms with Gasteiger partial charge in [0.05, 0.1) is 17.6 Å². The maximum Gasteiger partial charge on any atom is 0.228 e. The van der Waals surface area contributed by atoms with E-state index in [4.69, 9.17) is 0 Å². The van der Waals surface area contributed by atoms with E-state index in [0.29, 0.717) is 24.5 Å². The highest BCUT2D eigenvalue weighted by molar-refractivity contribution is 5.95. The van der Waals surface area contributed by atoms with Crippen LogP contribution in [0.25, 0.3) is 0 Å². The smallest absolute Gasteiger partial charge is 0.228 e. The Morgan fingerprint density at radius 3 is 2.68 bits per heavy atom. The first kappa shape index (κ1) is 21.2. The molecule has 31 heavy (non-hydrogen) atoms. The molecule has 1 aromatic heterocycles. The first-order valence-corrected chi connectivity index (χ1v) is 10.4. The fraction of sp³-hybridized carbons (Fsp3) is 0.375. The second kappa shape index (κ2) is 8.21. The number of allylic oxidation sites excluding steroid dienone is 4. The highest BCUT2D eigenvalue weighted by atomic mass is 19.1. The fourth-order valence-corrected chi connectivity index (χ4v) is 4.65. The highest BCUT2D eigenvalue weighted by Gasteiger charge is 2.62. The molecule has 0 radical (unpaired) electrons. The largest absolute Gasteiger partial charge is 0.371 e. The van der Waals surface area contributed by atoms with Crippen LogP contribution in [0.2, 0.25) is 0 Å². The van der Waals surface area contributed by atoms with Gasteiger partial charge in [-0.2, -0.15) is 0 Å². The van der Waals surface area contributed by atoms with Crippen molar-refractivity contribution in [2.45, 2.75) is 26.7 Å². The number of aromatic nitrogens is 2. The molecule has 1 heterocycles. The lowest BCUT2D eigenvalue weighted by molar-refractivity contribution is -0.118. The molecule has 4 rings (SSSR count). The summed E-state index contributed by atoms with van der Waals surface area (Å²) in [6.45, 7) is 4.35. The van der Waals surface area contributed by atoms with Crippen molar-refractivity contribution in [3.63, 3.8) is 0 Å². The molecule has 2 aromatic rings. The summed E-state index contributed by atoms with van der Waals surface area (Å²) in [6.07, 6.45) is 7.94. The number of benzene rings is 1. The predicted molar refractivity (Wildman–Crippen MR) is 117 cm³/mol. The van der Waals surface area contributed by atoms with Crippen LogP contribution < -0.4 is 10.2 Å². The van der Waals surface area contributed by atoms with Crippen LogP contribution in [-0.2, 0) is 4.79 Å². The molecule has 2 aliphatic rings. The summed E-state index contributed by atoms with van der Waals surface area (Å²) in [5, 5.41) is 2.89. The average molecular weight is 424 g/mol. The van der Waals surface area contributed by atoms with Gasteiger partial charge in [-0.15, -0.1) is 0 Å². The summed E-state index contributed by atoms with van der Waals surface area (Å²) in [7, 11) is 1.95. The minimum Gasteiger partial charge on any atom is -0.371 e. The van der Waals surface area contributed by atoms with Gasteiger partial charge in [-0.25, -0.2) is 18.7 Å². The summed E-state index contributed by atoms with van der Waals surface area (Å²) >= 11 is 0. The molecule has 2 aliphatic carbocycles. The Kier molecular flexibility index (Phi) is 5.60. The van der Waals surface area contributed by atoms with E-state index < -0.39 is 5.41 Å². The second-order valence-corrected chi connectivity index (χ2v) is 8.54. The van der Waals surface area contributed by atoms with Crippen LogP contribution in [0.1, 0.15) is 24.4 Å². The Morgan fingerprint density at radius 1 is 1.26 bits per heavy atom. The highest BCUT2D eigenvalue weighted by Crippen LogP contribution is 2.61. The van der Waals surface area contributed by atoms with E-state index in [1.54, 1.807) is 24.4 Å². The van der Waals surface area contributed by atoms with Gasteiger partial charge in [0.1, 0.15) is 17.5 Å². The van der Waals surface area contributed by atoms with Crippen molar-refractivity contribution in [1.82, 2.24) is 9.97 Å².